The maximum absolute atomic E-state index is 14.6. The number of nitrogens with one attached hydrogen (secondary N) is 1. The van der Waals surface area contributed by atoms with Crippen molar-refractivity contribution in [3.8, 4) is 0 Å². The Hall–Kier alpha value is -3.11. The number of hydrogen-bond donors (Lipinski definition) is 1. The van der Waals surface area contributed by atoms with E-state index in [1.807, 2.05) is 13.0 Å². The van der Waals surface area contributed by atoms with Crippen LogP contribution in [0.2, 0.25) is 0 Å². The predicted octanol–water partition coefficient (Wildman–Crippen LogP) is 16.7. The first kappa shape index (κ1) is 54.5. The fraction of sp³-hybridized carbons (Fsp3) is 0.691. The summed E-state index contributed by atoms with van der Waals surface area (Å²) in [5, 5.41) is 3.23. The number of fused-ring (bicyclic) bond motifs is 1. The number of aliphatic imine (C=N–C) groups is 1. The predicted molar refractivity (Wildman–Crippen MR) is 278 cm³/mol. The Morgan fingerprint density at radius 1 is 0.631 bits per heavy atom. The Kier molecular flexibility index (Phi) is 28.0. The summed E-state index contributed by atoms with van der Waals surface area (Å²) < 4.78 is 31.8. The Balaban J connectivity index is 1.26. The number of rotatable bonds is 39. The molecule has 364 valence electrons. The van der Waals surface area contributed by atoms with E-state index in [1.165, 1.54) is 178 Å². The summed E-state index contributed by atoms with van der Waals surface area (Å²) >= 11 is 1.78. The largest absolute Gasteiger partial charge is 0.323 e. The number of thioether (sulfide) groups is 1. The van der Waals surface area contributed by atoms with Crippen LogP contribution in [0.1, 0.15) is 231 Å². The van der Waals surface area contributed by atoms with Gasteiger partial charge in [-0.3, -0.25) is 9.10 Å². The number of unbranched alkanes of at least 4 members (excludes halogenated alkanes) is 30. The number of hydrogen-bond acceptors (Lipinski definition) is 6. The van der Waals surface area contributed by atoms with Gasteiger partial charge in [-0.15, -0.1) is 11.8 Å². The summed E-state index contributed by atoms with van der Waals surface area (Å²) in [6, 6.07) is 12.0. The van der Waals surface area contributed by atoms with E-state index in [0.29, 0.717) is 12.1 Å². The van der Waals surface area contributed by atoms with E-state index in [4.69, 9.17) is 4.99 Å². The van der Waals surface area contributed by atoms with Crippen LogP contribution in [0.5, 0.6) is 0 Å². The number of para-hydroxylation sites is 1. The van der Waals surface area contributed by atoms with Crippen LogP contribution in [0.4, 0.5) is 11.4 Å². The highest BCUT2D eigenvalue weighted by Crippen LogP contribution is 2.36. The van der Waals surface area contributed by atoms with Crippen molar-refractivity contribution in [1.82, 2.24) is 13.9 Å². The lowest BCUT2D eigenvalue weighted by Crippen LogP contribution is -2.47. The average molecular weight is 932 g/mol. The highest BCUT2D eigenvalue weighted by molar-refractivity contribution is 7.99. The average Bonchev–Trinajstić information content (AvgIpc) is 3.83. The number of imidazole rings is 1. The lowest BCUT2D eigenvalue weighted by atomic mass is 10.0. The monoisotopic (exact) mass is 932 g/mol. The van der Waals surface area contributed by atoms with Crippen LogP contribution in [-0.4, -0.2) is 46.3 Å². The first-order valence-corrected chi connectivity index (χ1v) is 29.0. The molecule has 0 bridgehead atoms. The maximum atomic E-state index is 14.6. The zero-order valence-electron chi connectivity index (χ0n) is 41.2. The highest BCUT2D eigenvalue weighted by atomic mass is 32.2. The van der Waals surface area contributed by atoms with Gasteiger partial charge >= 0.3 is 0 Å². The molecule has 3 aromatic rings. The van der Waals surface area contributed by atoms with Crippen LogP contribution in [0.25, 0.3) is 0 Å². The number of sulfonamides is 1. The minimum absolute atomic E-state index is 0.177. The van der Waals surface area contributed by atoms with Gasteiger partial charge in [0, 0.05) is 23.8 Å². The van der Waals surface area contributed by atoms with Gasteiger partial charge in [-0.2, -0.15) is 0 Å². The second kappa shape index (κ2) is 33.4. The summed E-state index contributed by atoms with van der Waals surface area (Å²) in [7, 11) is -3.96. The van der Waals surface area contributed by atoms with Crippen molar-refractivity contribution < 1.29 is 13.2 Å². The molecule has 1 atom stereocenters. The third-order valence-electron chi connectivity index (χ3n) is 13.1. The van der Waals surface area contributed by atoms with Gasteiger partial charge in [0.1, 0.15) is 4.90 Å². The van der Waals surface area contributed by atoms with Gasteiger partial charge in [0.05, 0.1) is 17.7 Å². The molecular formula is C55H89N5O3S2. The maximum Gasteiger partial charge on any atom is 0.267 e. The quantitative estimate of drug-likeness (QED) is 0.0454. The molecule has 1 aromatic heterocycles. The second-order valence-electron chi connectivity index (χ2n) is 18.9. The summed E-state index contributed by atoms with van der Waals surface area (Å²) in [5.74, 6) is 0.836. The van der Waals surface area contributed by atoms with Gasteiger partial charge in [-0.05, 0) is 55.3 Å². The van der Waals surface area contributed by atoms with Crippen LogP contribution in [0, 0.1) is 6.92 Å². The Morgan fingerprint density at radius 2 is 1.11 bits per heavy atom. The van der Waals surface area contributed by atoms with Crippen molar-refractivity contribution in [3.05, 3.63) is 66.7 Å². The summed E-state index contributed by atoms with van der Waals surface area (Å²) in [5.41, 5.74) is 2.14. The van der Waals surface area contributed by atoms with Crippen LogP contribution in [-0.2, 0) is 14.8 Å². The molecule has 0 radical (unpaired) electrons. The topological polar surface area (TPSA) is 96.7 Å². The molecule has 0 fully saturated rings. The number of benzene rings is 2. The van der Waals surface area contributed by atoms with Crippen LogP contribution in [0.3, 0.4) is 0 Å². The number of amidine groups is 1. The van der Waals surface area contributed by atoms with Crippen LogP contribution in [0.15, 0.2) is 76.0 Å². The van der Waals surface area contributed by atoms with E-state index in [2.05, 4.69) is 36.3 Å². The van der Waals surface area contributed by atoms with Gasteiger partial charge < -0.3 is 9.88 Å². The van der Waals surface area contributed by atoms with Crippen molar-refractivity contribution in [3.63, 3.8) is 0 Å². The molecule has 1 amide bonds. The summed E-state index contributed by atoms with van der Waals surface area (Å²) in [6.45, 7) is 6.85. The fourth-order valence-electron chi connectivity index (χ4n) is 9.13. The molecule has 1 aliphatic rings. The summed E-state index contributed by atoms with van der Waals surface area (Å²) in [4.78, 5) is 25.0. The standard InChI is InChI=1S/C55H89N5O3S2/c1-4-6-8-10-12-14-16-18-20-22-24-26-28-30-32-36-43-60-54(57-49-38-34-35-39-52(49)65(60,62)63)53(59-44-42-56-47-59)55(61)58-50-46-48(3)40-41-51(50)64-45-37-33-31-29-27-25-23-21-19-17-15-13-11-9-7-5-2/h34-35,38-42,44,46-47,53H,4-33,36-37,43,45H2,1-3H3,(H,58,61). The second-order valence-corrected chi connectivity index (χ2v) is 21.8. The first-order chi connectivity index (χ1) is 31.9. The van der Waals surface area contributed by atoms with E-state index in [9.17, 15) is 13.2 Å². The molecule has 0 aliphatic carbocycles. The van der Waals surface area contributed by atoms with E-state index in [0.717, 1.165) is 47.6 Å². The number of anilines is 1. The molecule has 10 heteroatoms. The molecule has 4 rings (SSSR count). The molecule has 1 unspecified atom stereocenters. The normalized spacial score (nSPS) is 13.8. The number of nitrogens with zero attached hydrogens (tertiary/aromatic N) is 4. The van der Waals surface area contributed by atoms with Gasteiger partial charge in [0.2, 0.25) is 0 Å². The molecule has 0 spiro atoms. The van der Waals surface area contributed by atoms with Crippen molar-refractivity contribution in [2.24, 2.45) is 4.99 Å². The third-order valence-corrected chi connectivity index (χ3v) is 16.1. The van der Waals surface area contributed by atoms with Gasteiger partial charge in [-0.1, -0.05) is 225 Å². The van der Waals surface area contributed by atoms with Crippen molar-refractivity contribution in [2.45, 2.75) is 242 Å². The Bertz CT molecular complexity index is 1850. The van der Waals surface area contributed by atoms with E-state index in [-0.39, 0.29) is 23.2 Å². The molecule has 2 aromatic carbocycles. The van der Waals surface area contributed by atoms with Crippen molar-refractivity contribution in [1.29, 1.82) is 0 Å². The summed E-state index contributed by atoms with van der Waals surface area (Å²) in [6.07, 6.45) is 46.5. The first-order valence-electron chi connectivity index (χ1n) is 26.6. The van der Waals surface area contributed by atoms with Crippen LogP contribution >= 0.6 is 11.8 Å². The number of carbonyl (C=O) groups excluding carboxylic acids is 1. The zero-order valence-corrected chi connectivity index (χ0v) is 42.9. The lowest BCUT2D eigenvalue weighted by molar-refractivity contribution is -0.117. The molecule has 2 heterocycles. The van der Waals surface area contributed by atoms with E-state index in [1.54, 1.807) is 59.3 Å². The van der Waals surface area contributed by atoms with Crippen molar-refractivity contribution >= 4 is 44.9 Å². The SMILES string of the molecule is CCCCCCCCCCCCCCCCCCSc1ccc(C)cc1NC(=O)C(C1=Nc2ccccc2S(=O)(=O)N1CCCCCCCCCCCCCCCCCC)n1ccnc1. The lowest BCUT2D eigenvalue weighted by Gasteiger charge is -2.33. The molecule has 1 N–H and O–H groups in total. The number of aromatic nitrogens is 2. The Morgan fingerprint density at radius 3 is 1.60 bits per heavy atom. The molecule has 65 heavy (non-hydrogen) atoms. The minimum Gasteiger partial charge on any atom is -0.323 e. The highest BCUT2D eigenvalue weighted by Gasteiger charge is 2.40. The smallest absolute Gasteiger partial charge is 0.267 e. The van der Waals surface area contributed by atoms with E-state index < -0.39 is 16.1 Å². The van der Waals surface area contributed by atoms with Gasteiger partial charge in [-0.25, -0.2) is 18.4 Å². The minimum atomic E-state index is -3.96. The number of amides is 1. The van der Waals surface area contributed by atoms with Gasteiger partial charge in [0.15, 0.2) is 11.9 Å². The third kappa shape index (κ3) is 20.7. The van der Waals surface area contributed by atoms with Crippen LogP contribution < -0.4 is 5.32 Å². The molecular weight excluding hydrogens is 843 g/mol. The number of carbonyl (C=O) groups is 1. The molecule has 0 saturated heterocycles. The fourth-order valence-corrected chi connectivity index (χ4v) is 11.8. The van der Waals surface area contributed by atoms with Crippen molar-refractivity contribution in [2.75, 3.05) is 17.6 Å². The number of aryl methyl sites for hydroxylation is 1. The van der Waals surface area contributed by atoms with E-state index >= 15 is 0 Å². The molecule has 0 saturated carbocycles. The van der Waals surface area contributed by atoms with Gasteiger partial charge in [0.25, 0.3) is 15.9 Å². The molecule has 1 aliphatic heterocycles. The Labute approximate surface area is 401 Å². The molecule has 8 nitrogen and oxygen atoms in total. The zero-order chi connectivity index (χ0) is 46.2.